The van der Waals surface area contributed by atoms with E-state index in [1.165, 1.54) is 28.4 Å². The van der Waals surface area contributed by atoms with Crippen molar-refractivity contribution in [2.75, 3.05) is 26.4 Å². The molecule has 1 fully saturated rings. The van der Waals surface area contributed by atoms with E-state index >= 15 is 0 Å². The molecule has 4 aromatic carbocycles. The second kappa shape index (κ2) is 21.8. The summed E-state index contributed by atoms with van der Waals surface area (Å²) in [6.45, 7) is 8.05. The van der Waals surface area contributed by atoms with Gasteiger partial charge in [-0.25, -0.2) is 9.37 Å². The molecule has 7 aromatic rings. The van der Waals surface area contributed by atoms with Crippen LogP contribution in [-0.4, -0.2) is 87.2 Å². The number of aromatic nitrogens is 2. The fourth-order valence-electron chi connectivity index (χ4n) is 8.28. The molecule has 0 bridgehead atoms. The van der Waals surface area contributed by atoms with Gasteiger partial charge in [-0.3, -0.25) is 19.4 Å². The van der Waals surface area contributed by atoms with Crippen LogP contribution in [0, 0.1) is 18.2 Å². The van der Waals surface area contributed by atoms with Crippen LogP contribution in [0.1, 0.15) is 57.7 Å². The molecule has 2 amide bonds. The second-order valence-corrected chi connectivity index (χ2v) is 20.2. The summed E-state index contributed by atoms with van der Waals surface area (Å²) in [4.78, 5) is 53.0. The number of aromatic hydroxyl groups is 1. The normalized spacial score (nSPS) is 15.3. The maximum atomic E-state index is 14.0. The molecule has 3 aromatic heterocycles. The number of ether oxygens (including phenoxy) is 3. The third-order valence-electron chi connectivity index (χ3n) is 12.0. The first-order valence-corrected chi connectivity index (χ1v) is 24.7. The number of likely N-dealkylation sites (tertiary alicyclic amines) is 1. The van der Waals surface area contributed by atoms with Crippen LogP contribution in [0.5, 0.6) is 23.0 Å². The molecule has 69 heavy (non-hydrogen) atoms. The molecule has 1 saturated heterocycles. The molecule has 358 valence electrons. The summed E-state index contributed by atoms with van der Waals surface area (Å²) in [5.41, 5.74) is 6.64. The highest BCUT2D eigenvalue weighted by Gasteiger charge is 2.44. The number of aryl methyl sites for hydroxylation is 2. The topological polar surface area (TPSA) is 160 Å². The molecule has 0 radical (unpaired) electrons. The van der Waals surface area contributed by atoms with Crippen LogP contribution in [0.25, 0.3) is 42.2 Å². The fourth-order valence-corrected chi connectivity index (χ4v) is 10.3. The van der Waals surface area contributed by atoms with Crippen molar-refractivity contribution in [3.05, 3.63) is 132 Å². The van der Waals surface area contributed by atoms with Crippen molar-refractivity contribution in [2.24, 2.45) is 5.41 Å². The maximum Gasteiger partial charge on any atom is 0.246 e. The second-order valence-electron chi connectivity index (χ2n) is 18.3. The standard InChI is InChI=1S/C54H55FN4O8S2/c1-33-50(68-32-57-33)36-10-7-34(8-11-36)9-24-46(62)45-27-40(61)30-59(45)53(64)52(54(2,3)4)58-48(63)31-65-25-5-6-26-66-42-21-23-44(56-29-42)35-14-19-41(20-15-35)67-49-43-22-18-39(60)28-47(43)69-51(49)37-12-16-38(55)17-13-37/h7-8,10-23,28-29,32,40,45,52,60-61H,5-6,9,24-27,30-31H2,1-4H3,(H,58,63)/t40-,45+,52-/m1/s1. The van der Waals surface area contributed by atoms with Crippen molar-refractivity contribution in [3.8, 4) is 55.1 Å². The average molecular weight is 971 g/mol. The monoisotopic (exact) mass is 970 g/mol. The van der Waals surface area contributed by atoms with E-state index in [0.717, 1.165) is 53.5 Å². The lowest BCUT2D eigenvalue weighted by atomic mass is 9.85. The minimum Gasteiger partial charge on any atom is -0.508 e. The van der Waals surface area contributed by atoms with Gasteiger partial charge in [-0.15, -0.1) is 22.7 Å². The van der Waals surface area contributed by atoms with E-state index in [0.29, 0.717) is 49.7 Å². The van der Waals surface area contributed by atoms with Crippen molar-refractivity contribution in [1.29, 1.82) is 0 Å². The van der Waals surface area contributed by atoms with Gasteiger partial charge >= 0.3 is 0 Å². The Kier molecular flexibility index (Phi) is 15.5. The number of nitrogens with zero attached hydrogens (tertiary/aromatic N) is 3. The largest absolute Gasteiger partial charge is 0.508 e. The lowest BCUT2D eigenvalue weighted by molar-refractivity contribution is -0.144. The number of hydrogen-bond donors (Lipinski definition) is 3. The lowest BCUT2D eigenvalue weighted by Gasteiger charge is -2.35. The number of benzene rings is 4. The lowest BCUT2D eigenvalue weighted by Crippen LogP contribution is -2.57. The molecule has 0 aliphatic carbocycles. The number of phenols is 1. The van der Waals surface area contributed by atoms with Crippen molar-refractivity contribution in [3.63, 3.8) is 0 Å². The number of pyridine rings is 1. The molecule has 0 saturated carbocycles. The molecule has 12 nitrogen and oxygen atoms in total. The molecule has 0 spiro atoms. The van der Waals surface area contributed by atoms with Crippen LogP contribution in [-0.2, 0) is 25.5 Å². The molecule has 4 heterocycles. The zero-order valence-corrected chi connectivity index (χ0v) is 40.6. The first kappa shape index (κ1) is 48.9. The van der Waals surface area contributed by atoms with Gasteiger partial charge < -0.3 is 34.6 Å². The van der Waals surface area contributed by atoms with Crippen molar-refractivity contribution in [2.45, 2.75) is 78.0 Å². The number of thiophene rings is 1. The third-order valence-corrected chi connectivity index (χ3v) is 14.2. The minimum atomic E-state index is -0.933. The zero-order chi connectivity index (χ0) is 48.7. The average Bonchev–Trinajstić information content (AvgIpc) is 4.06. The van der Waals surface area contributed by atoms with Gasteiger partial charge in [0.25, 0.3) is 0 Å². The number of fused-ring (bicyclic) bond motifs is 1. The summed E-state index contributed by atoms with van der Waals surface area (Å²) < 4.78 is 32.6. The highest BCUT2D eigenvalue weighted by atomic mass is 32.1. The number of β-amino-alcohol motifs (C(OH)–C–C–N with tert-alkyl or cyclic N) is 1. The quantitative estimate of drug-likeness (QED) is 0.0666. The molecule has 0 unspecified atom stereocenters. The molecule has 15 heteroatoms. The van der Waals surface area contributed by atoms with Gasteiger partial charge in [-0.2, -0.15) is 0 Å². The molecule has 1 aliphatic heterocycles. The van der Waals surface area contributed by atoms with E-state index in [-0.39, 0.29) is 43.3 Å². The number of rotatable bonds is 19. The Morgan fingerprint density at radius 2 is 1.57 bits per heavy atom. The molecule has 1 aliphatic rings. The Bertz CT molecular complexity index is 2880. The van der Waals surface area contributed by atoms with Crippen LogP contribution >= 0.6 is 22.7 Å². The van der Waals surface area contributed by atoms with E-state index in [9.17, 15) is 29.0 Å². The number of ketones is 1. The Balaban J connectivity index is 0.760. The number of hydrogen-bond acceptors (Lipinski definition) is 12. The van der Waals surface area contributed by atoms with Gasteiger partial charge in [0.1, 0.15) is 35.7 Å². The van der Waals surface area contributed by atoms with E-state index in [4.69, 9.17) is 14.2 Å². The molecule has 8 rings (SSSR count). The highest BCUT2D eigenvalue weighted by Crippen LogP contribution is 2.47. The van der Waals surface area contributed by atoms with E-state index < -0.39 is 35.4 Å². The number of thiazole rings is 1. The Labute approximate surface area is 408 Å². The van der Waals surface area contributed by atoms with Gasteiger partial charge in [-0.05, 0) is 115 Å². The number of unbranched alkanes of at least 4 members (excludes halogenated alkanes) is 1. The summed E-state index contributed by atoms with van der Waals surface area (Å²) in [7, 11) is 0. The summed E-state index contributed by atoms with van der Waals surface area (Å²) in [6.07, 6.45) is 3.02. The molecule has 3 atom stereocenters. The number of nitrogens with one attached hydrogen (secondary N) is 1. The van der Waals surface area contributed by atoms with Crippen molar-refractivity contribution >= 4 is 50.4 Å². The SMILES string of the molecule is Cc1ncsc1-c1ccc(CCC(=O)[C@@H]2C[C@@H](O)CN2C(=O)[C@@H](NC(=O)COCCCCOc2ccc(-c3ccc(Oc4c(-c5ccc(F)cc5)sc5cc(O)ccc45)cc3)nc2)C(C)(C)C)cc1. The van der Waals surface area contributed by atoms with E-state index in [1.54, 1.807) is 41.8 Å². The van der Waals surface area contributed by atoms with Crippen LogP contribution in [0.2, 0.25) is 0 Å². The van der Waals surface area contributed by atoms with E-state index in [1.807, 2.05) is 99.9 Å². The minimum absolute atomic E-state index is 0.0236. The van der Waals surface area contributed by atoms with Crippen molar-refractivity contribution in [1.82, 2.24) is 20.2 Å². The Morgan fingerprint density at radius 3 is 2.26 bits per heavy atom. The fraction of sp³-hybridized carbons (Fsp3) is 0.315. The summed E-state index contributed by atoms with van der Waals surface area (Å²) in [5, 5.41) is 24.4. The van der Waals surface area contributed by atoms with Gasteiger partial charge in [0.15, 0.2) is 11.5 Å². The number of aliphatic hydroxyl groups is 1. The predicted molar refractivity (Wildman–Crippen MR) is 267 cm³/mol. The van der Waals surface area contributed by atoms with Crippen LogP contribution in [0.4, 0.5) is 4.39 Å². The van der Waals surface area contributed by atoms with Crippen LogP contribution in [0.3, 0.4) is 0 Å². The third kappa shape index (κ3) is 12.2. The van der Waals surface area contributed by atoms with Gasteiger partial charge in [0.05, 0.1) is 51.6 Å². The number of phenolic OH excluding ortho intramolecular Hbond substituents is 1. The number of aliphatic hydroxyl groups excluding tert-OH is 1. The number of amides is 2. The zero-order valence-electron chi connectivity index (χ0n) is 38.9. The number of carbonyl (C=O) groups is 3. The number of halogens is 1. The maximum absolute atomic E-state index is 14.0. The summed E-state index contributed by atoms with van der Waals surface area (Å²) >= 11 is 3.05. The first-order chi connectivity index (χ1) is 33.2. The van der Waals surface area contributed by atoms with Gasteiger partial charge in [0.2, 0.25) is 11.8 Å². The smallest absolute Gasteiger partial charge is 0.246 e. The summed E-state index contributed by atoms with van der Waals surface area (Å²) in [5.74, 6) is 0.715. The molecular formula is C54H55FN4O8S2. The molecule has 3 N–H and O–H groups in total. The van der Waals surface area contributed by atoms with Crippen molar-refractivity contribution < 1.29 is 43.2 Å². The highest BCUT2D eigenvalue weighted by molar-refractivity contribution is 7.22. The Hall–Kier alpha value is -6.52. The Morgan fingerprint density at radius 1 is 0.870 bits per heavy atom. The molecular weight excluding hydrogens is 916 g/mol. The number of Topliss-reactive ketones (excluding diaryl/α,β-unsaturated/α-hetero) is 1. The number of carbonyl (C=O) groups excluding carboxylic acids is 3. The first-order valence-electron chi connectivity index (χ1n) is 23.0. The predicted octanol–water partition coefficient (Wildman–Crippen LogP) is 10.6. The van der Waals surface area contributed by atoms with Gasteiger partial charge in [0, 0.05) is 41.6 Å². The van der Waals surface area contributed by atoms with E-state index in [2.05, 4.69) is 15.3 Å². The van der Waals surface area contributed by atoms with Crippen LogP contribution in [0.15, 0.2) is 115 Å². The van der Waals surface area contributed by atoms with Crippen LogP contribution < -0.4 is 14.8 Å². The summed E-state index contributed by atoms with van der Waals surface area (Å²) in [6, 6.07) is 29.0. The van der Waals surface area contributed by atoms with Gasteiger partial charge in [-0.1, -0.05) is 57.2 Å².